The Labute approximate surface area is 137 Å². The fraction of sp³-hybridized carbons (Fsp3) is 0.650. The van der Waals surface area contributed by atoms with Crippen LogP contribution in [0, 0.1) is 29.0 Å². The number of hydrogen-bond donors (Lipinski definition) is 1. The van der Waals surface area contributed by atoms with Crippen molar-refractivity contribution in [2.75, 3.05) is 6.54 Å². The Hall–Kier alpha value is -1.38. The molecule has 0 unspecified atom stereocenters. The number of halogens is 1. The van der Waals surface area contributed by atoms with Crippen molar-refractivity contribution in [1.29, 1.82) is 0 Å². The Kier molecular flexibility index (Phi) is 3.90. The van der Waals surface area contributed by atoms with Gasteiger partial charge in [0.25, 0.3) is 0 Å². The van der Waals surface area contributed by atoms with Crippen LogP contribution in [-0.2, 0) is 11.2 Å². The first-order valence-corrected chi connectivity index (χ1v) is 9.11. The number of amides is 1. The van der Waals surface area contributed by atoms with Crippen molar-refractivity contribution in [1.82, 2.24) is 5.32 Å². The SMILES string of the molecule is O=C(Cc1cccc(F)c1)NCCC12CC3CC(CC(C3)C1)C2. The first-order chi connectivity index (χ1) is 11.1. The molecule has 1 N–H and O–H groups in total. The average Bonchev–Trinajstić information content (AvgIpc) is 2.45. The van der Waals surface area contributed by atoms with E-state index in [1.807, 2.05) is 6.07 Å². The molecule has 124 valence electrons. The highest BCUT2D eigenvalue weighted by atomic mass is 19.1. The van der Waals surface area contributed by atoms with Crippen molar-refractivity contribution < 1.29 is 9.18 Å². The van der Waals surface area contributed by atoms with E-state index in [0.717, 1.165) is 36.3 Å². The van der Waals surface area contributed by atoms with Crippen molar-refractivity contribution in [2.24, 2.45) is 23.2 Å². The summed E-state index contributed by atoms with van der Waals surface area (Å²) in [6.45, 7) is 0.778. The van der Waals surface area contributed by atoms with Crippen molar-refractivity contribution >= 4 is 5.91 Å². The maximum absolute atomic E-state index is 13.2. The van der Waals surface area contributed by atoms with Gasteiger partial charge < -0.3 is 5.32 Å². The van der Waals surface area contributed by atoms with Gasteiger partial charge in [0, 0.05) is 6.54 Å². The molecule has 5 rings (SSSR count). The van der Waals surface area contributed by atoms with E-state index in [4.69, 9.17) is 0 Å². The molecule has 0 spiro atoms. The fourth-order valence-electron chi connectivity index (χ4n) is 5.96. The molecule has 0 radical (unpaired) electrons. The summed E-state index contributed by atoms with van der Waals surface area (Å²) in [6.07, 6.45) is 9.96. The third-order valence-electron chi connectivity index (χ3n) is 6.40. The molecule has 23 heavy (non-hydrogen) atoms. The van der Waals surface area contributed by atoms with Gasteiger partial charge in [-0.3, -0.25) is 4.79 Å². The Morgan fingerprint density at radius 2 is 1.78 bits per heavy atom. The van der Waals surface area contributed by atoms with Gasteiger partial charge in [0.15, 0.2) is 0 Å². The number of nitrogens with one attached hydrogen (secondary N) is 1. The summed E-state index contributed by atoms with van der Waals surface area (Å²) in [6, 6.07) is 6.32. The van der Waals surface area contributed by atoms with Gasteiger partial charge in [0.1, 0.15) is 5.82 Å². The second-order valence-corrected chi connectivity index (χ2v) is 8.32. The summed E-state index contributed by atoms with van der Waals surface area (Å²) in [5.74, 6) is 2.63. The van der Waals surface area contributed by atoms with E-state index in [0.29, 0.717) is 5.41 Å². The summed E-state index contributed by atoms with van der Waals surface area (Å²) < 4.78 is 13.2. The minimum Gasteiger partial charge on any atom is -0.356 e. The number of rotatable bonds is 5. The molecule has 0 atom stereocenters. The van der Waals surface area contributed by atoms with Crippen LogP contribution in [0.15, 0.2) is 24.3 Å². The van der Waals surface area contributed by atoms with Gasteiger partial charge in [-0.05, 0) is 85.8 Å². The zero-order chi connectivity index (χ0) is 15.9. The van der Waals surface area contributed by atoms with Crippen LogP contribution in [0.1, 0.15) is 50.5 Å². The lowest BCUT2D eigenvalue weighted by Crippen LogP contribution is -2.47. The topological polar surface area (TPSA) is 29.1 Å². The summed E-state index contributed by atoms with van der Waals surface area (Å²) in [4.78, 5) is 12.1. The minimum atomic E-state index is -0.274. The monoisotopic (exact) mass is 315 g/mol. The molecule has 4 fully saturated rings. The zero-order valence-corrected chi connectivity index (χ0v) is 13.7. The van der Waals surface area contributed by atoms with Crippen LogP contribution in [0.25, 0.3) is 0 Å². The molecule has 4 aliphatic carbocycles. The summed E-state index contributed by atoms with van der Waals surface area (Å²) >= 11 is 0. The molecule has 3 heteroatoms. The van der Waals surface area contributed by atoms with Gasteiger partial charge in [-0.1, -0.05) is 12.1 Å². The van der Waals surface area contributed by atoms with Gasteiger partial charge in [-0.25, -0.2) is 4.39 Å². The van der Waals surface area contributed by atoms with Gasteiger partial charge in [0.05, 0.1) is 6.42 Å². The third kappa shape index (κ3) is 3.29. The second kappa shape index (κ2) is 5.92. The molecule has 0 saturated heterocycles. The van der Waals surface area contributed by atoms with Crippen LogP contribution >= 0.6 is 0 Å². The molecule has 0 heterocycles. The summed E-state index contributed by atoms with van der Waals surface area (Å²) in [7, 11) is 0. The molecular formula is C20H26FNO. The molecular weight excluding hydrogens is 289 g/mol. The molecule has 0 aliphatic heterocycles. The maximum Gasteiger partial charge on any atom is 0.224 e. The minimum absolute atomic E-state index is 0.0142. The Balaban J connectivity index is 1.28. The molecule has 1 aromatic rings. The number of benzene rings is 1. The van der Waals surface area contributed by atoms with E-state index in [1.54, 1.807) is 6.07 Å². The normalized spacial score (nSPS) is 34.6. The molecule has 1 amide bonds. The van der Waals surface area contributed by atoms with Crippen molar-refractivity contribution in [3.8, 4) is 0 Å². The molecule has 0 aromatic heterocycles. The number of hydrogen-bond acceptors (Lipinski definition) is 1. The Bertz CT molecular complexity index is 562. The third-order valence-corrected chi connectivity index (χ3v) is 6.40. The Morgan fingerprint density at radius 3 is 2.39 bits per heavy atom. The second-order valence-electron chi connectivity index (χ2n) is 8.32. The molecule has 4 saturated carbocycles. The lowest BCUT2D eigenvalue weighted by molar-refractivity contribution is -0.120. The van der Waals surface area contributed by atoms with Crippen molar-refractivity contribution in [3.05, 3.63) is 35.6 Å². The fourth-order valence-corrected chi connectivity index (χ4v) is 5.96. The molecule has 4 bridgehead atoms. The standard InChI is InChI=1S/C20H26FNO/c21-18-3-1-2-14(9-18)10-19(23)22-5-4-20-11-15-6-16(12-20)8-17(7-15)13-20/h1-3,9,15-17H,4-8,10-13H2,(H,22,23). The smallest absolute Gasteiger partial charge is 0.224 e. The van der Waals surface area contributed by atoms with Crippen LogP contribution in [0.2, 0.25) is 0 Å². The first-order valence-electron chi connectivity index (χ1n) is 9.11. The molecule has 4 aliphatic rings. The predicted octanol–water partition coefficient (Wildman–Crippen LogP) is 4.09. The van der Waals surface area contributed by atoms with Crippen LogP contribution in [0.3, 0.4) is 0 Å². The molecule has 2 nitrogen and oxygen atoms in total. The summed E-state index contributed by atoms with van der Waals surface area (Å²) in [5, 5.41) is 3.06. The quantitative estimate of drug-likeness (QED) is 0.871. The molecule has 1 aromatic carbocycles. The Morgan fingerprint density at radius 1 is 1.13 bits per heavy atom. The highest BCUT2D eigenvalue weighted by Crippen LogP contribution is 2.61. The van der Waals surface area contributed by atoms with E-state index in [1.165, 1.54) is 50.7 Å². The van der Waals surface area contributed by atoms with Gasteiger partial charge in [-0.15, -0.1) is 0 Å². The van der Waals surface area contributed by atoms with E-state index < -0.39 is 0 Å². The van der Waals surface area contributed by atoms with E-state index in [-0.39, 0.29) is 18.1 Å². The maximum atomic E-state index is 13.2. The van der Waals surface area contributed by atoms with E-state index in [9.17, 15) is 9.18 Å². The largest absolute Gasteiger partial charge is 0.356 e. The van der Waals surface area contributed by atoms with Gasteiger partial charge >= 0.3 is 0 Å². The van der Waals surface area contributed by atoms with Crippen LogP contribution in [0.4, 0.5) is 4.39 Å². The number of carbonyl (C=O) groups is 1. The summed E-state index contributed by atoms with van der Waals surface area (Å²) in [5.41, 5.74) is 1.26. The van der Waals surface area contributed by atoms with E-state index in [2.05, 4.69) is 5.32 Å². The highest BCUT2D eigenvalue weighted by Gasteiger charge is 2.50. The van der Waals surface area contributed by atoms with Crippen LogP contribution in [0.5, 0.6) is 0 Å². The lowest BCUT2D eigenvalue weighted by atomic mass is 9.49. The highest BCUT2D eigenvalue weighted by molar-refractivity contribution is 5.78. The lowest BCUT2D eigenvalue weighted by Gasteiger charge is -2.57. The average molecular weight is 315 g/mol. The van der Waals surface area contributed by atoms with Gasteiger partial charge in [0.2, 0.25) is 5.91 Å². The zero-order valence-electron chi connectivity index (χ0n) is 13.7. The van der Waals surface area contributed by atoms with Crippen molar-refractivity contribution in [2.45, 2.75) is 51.4 Å². The van der Waals surface area contributed by atoms with Crippen LogP contribution in [-0.4, -0.2) is 12.5 Å². The van der Waals surface area contributed by atoms with Crippen LogP contribution < -0.4 is 5.32 Å². The van der Waals surface area contributed by atoms with E-state index >= 15 is 0 Å². The first kappa shape index (κ1) is 15.2. The number of carbonyl (C=O) groups excluding carboxylic acids is 1. The van der Waals surface area contributed by atoms with Crippen molar-refractivity contribution in [3.63, 3.8) is 0 Å². The predicted molar refractivity (Wildman–Crippen MR) is 88.3 cm³/mol. The van der Waals surface area contributed by atoms with Gasteiger partial charge in [-0.2, -0.15) is 0 Å².